The number of carbonyl (C=O) groups excluding carboxylic acids is 2. The minimum Gasteiger partial charge on any atom is -0.468 e. The normalized spacial score (nSPS) is 16.1. The summed E-state index contributed by atoms with van der Waals surface area (Å²) in [6, 6.07) is 23.0. The van der Waals surface area contributed by atoms with E-state index in [2.05, 4.69) is 15.4 Å². The number of hydrogen-bond acceptors (Lipinski definition) is 8. The number of fused-ring (bicyclic) bond motifs is 1. The summed E-state index contributed by atoms with van der Waals surface area (Å²) in [5.74, 6) is -1.11. The van der Waals surface area contributed by atoms with Gasteiger partial charge in [0.05, 0.1) is 25.4 Å². The van der Waals surface area contributed by atoms with Crippen LogP contribution in [0.3, 0.4) is 0 Å². The average Bonchev–Trinajstić information content (AvgIpc) is 3.48. The van der Waals surface area contributed by atoms with Crippen LogP contribution in [-0.4, -0.2) is 42.4 Å². The lowest BCUT2D eigenvalue weighted by molar-refractivity contribution is -0.141. The first-order valence-corrected chi connectivity index (χ1v) is 11.0. The fourth-order valence-corrected chi connectivity index (χ4v) is 3.92. The summed E-state index contributed by atoms with van der Waals surface area (Å²) in [5, 5.41) is 9.01. The highest BCUT2D eigenvalue weighted by molar-refractivity contribution is 6.09. The minimum absolute atomic E-state index is 0.225. The Morgan fingerprint density at radius 2 is 1.77 bits per heavy atom. The second kappa shape index (κ2) is 9.40. The molecule has 9 heteroatoms. The molecule has 0 bridgehead atoms. The first-order chi connectivity index (χ1) is 17.0. The van der Waals surface area contributed by atoms with E-state index in [9.17, 15) is 9.59 Å². The van der Waals surface area contributed by atoms with E-state index in [1.807, 2.05) is 42.5 Å². The smallest absolute Gasteiger partial charge is 0.322 e. The molecular formula is C26H23N5O4. The van der Waals surface area contributed by atoms with Gasteiger partial charge in [-0.3, -0.25) is 14.6 Å². The van der Waals surface area contributed by atoms with Crippen molar-refractivity contribution in [3.05, 3.63) is 95.9 Å². The number of nitrogens with two attached hydrogens (primary N) is 1. The Morgan fingerprint density at radius 3 is 2.49 bits per heavy atom. The van der Waals surface area contributed by atoms with Crippen molar-refractivity contribution < 1.29 is 18.7 Å². The van der Waals surface area contributed by atoms with Crippen LogP contribution in [-0.2, 0) is 9.53 Å². The van der Waals surface area contributed by atoms with Gasteiger partial charge >= 0.3 is 5.97 Å². The van der Waals surface area contributed by atoms with Gasteiger partial charge in [0.1, 0.15) is 11.4 Å². The number of ether oxygens (including phenoxy) is 1. The summed E-state index contributed by atoms with van der Waals surface area (Å²) in [5.41, 5.74) is 9.28. The highest BCUT2D eigenvalue weighted by Gasteiger charge is 2.30. The zero-order valence-electron chi connectivity index (χ0n) is 18.9. The predicted molar refractivity (Wildman–Crippen MR) is 131 cm³/mol. The summed E-state index contributed by atoms with van der Waals surface area (Å²) >= 11 is 0. The molecule has 1 aliphatic heterocycles. The van der Waals surface area contributed by atoms with Gasteiger partial charge in [-0.25, -0.2) is 4.98 Å². The molecule has 9 nitrogen and oxygen atoms in total. The monoisotopic (exact) mass is 469 g/mol. The van der Waals surface area contributed by atoms with Crippen molar-refractivity contribution in [2.75, 3.05) is 18.7 Å². The lowest BCUT2D eigenvalue weighted by atomic mass is 9.97. The van der Waals surface area contributed by atoms with Crippen molar-refractivity contribution in [1.29, 1.82) is 0 Å². The summed E-state index contributed by atoms with van der Waals surface area (Å²) in [6.07, 6.45) is 0. The largest absolute Gasteiger partial charge is 0.468 e. The van der Waals surface area contributed by atoms with Crippen molar-refractivity contribution >= 4 is 34.5 Å². The van der Waals surface area contributed by atoms with Gasteiger partial charge in [-0.2, -0.15) is 5.10 Å². The average molecular weight is 470 g/mol. The van der Waals surface area contributed by atoms with Crippen LogP contribution in [0.4, 0.5) is 5.69 Å². The zero-order chi connectivity index (χ0) is 24.4. The molecule has 5 rings (SSSR count). The molecule has 0 saturated carbocycles. The number of anilines is 1. The molecule has 0 aliphatic carbocycles. The maximum Gasteiger partial charge on any atom is 0.322 e. The number of para-hydroxylation sites is 3. The van der Waals surface area contributed by atoms with E-state index in [0.717, 1.165) is 5.69 Å². The van der Waals surface area contributed by atoms with Crippen molar-refractivity contribution in [1.82, 2.24) is 10.3 Å². The zero-order valence-corrected chi connectivity index (χ0v) is 18.9. The number of hydrazone groups is 1. The molecule has 1 amide bonds. The van der Waals surface area contributed by atoms with Crippen LogP contribution >= 0.6 is 0 Å². The van der Waals surface area contributed by atoms with Crippen LogP contribution in [0, 0.1) is 0 Å². The van der Waals surface area contributed by atoms with Gasteiger partial charge in [0.25, 0.3) is 5.91 Å². The van der Waals surface area contributed by atoms with Crippen LogP contribution in [0.5, 0.6) is 0 Å². The summed E-state index contributed by atoms with van der Waals surface area (Å²) in [7, 11) is 1.31. The molecule has 2 heterocycles. The first-order valence-electron chi connectivity index (χ1n) is 11.0. The first kappa shape index (κ1) is 22.3. The maximum atomic E-state index is 12.9. The number of methoxy groups -OCH3 is 1. The number of rotatable bonds is 5. The van der Waals surface area contributed by atoms with Crippen molar-refractivity contribution in [2.24, 2.45) is 10.8 Å². The third-order valence-corrected chi connectivity index (χ3v) is 5.75. The van der Waals surface area contributed by atoms with E-state index in [-0.39, 0.29) is 11.8 Å². The van der Waals surface area contributed by atoms with Gasteiger partial charge in [0.15, 0.2) is 11.5 Å². The Morgan fingerprint density at radius 1 is 1.06 bits per heavy atom. The van der Waals surface area contributed by atoms with Gasteiger partial charge in [-0.05, 0) is 42.0 Å². The molecule has 0 spiro atoms. The molecule has 0 saturated heterocycles. The van der Waals surface area contributed by atoms with Gasteiger partial charge in [0.2, 0.25) is 5.89 Å². The van der Waals surface area contributed by atoms with Crippen LogP contribution in [0.1, 0.15) is 27.7 Å². The lowest BCUT2D eigenvalue weighted by Gasteiger charge is -2.13. The summed E-state index contributed by atoms with van der Waals surface area (Å²) in [6.45, 7) is 0.462. The highest BCUT2D eigenvalue weighted by atomic mass is 16.5. The van der Waals surface area contributed by atoms with Gasteiger partial charge < -0.3 is 20.2 Å². The summed E-state index contributed by atoms with van der Waals surface area (Å²) in [4.78, 5) is 29.9. The second-order valence-electron chi connectivity index (χ2n) is 8.06. The molecule has 2 unspecified atom stereocenters. The third kappa shape index (κ3) is 4.49. The Labute approximate surface area is 201 Å². The molecule has 176 valence electrons. The molecule has 2 atom stereocenters. The molecule has 4 aromatic rings. The van der Waals surface area contributed by atoms with Crippen LogP contribution < -0.4 is 16.1 Å². The van der Waals surface area contributed by atoms with Crippen LogP contribution in [0.2, 0.25) is 0 Å². The lowest BCUT2D eigenvalue weighted by Crippen LogP contribution is -2.43. The molecule has 3 aromatic carbocycles. The van der Waals surface area contributed by atoms with Crippen LogP contribution in [0.15, 0.2) is 88.4 Å². The van der Waals surface area contributed by atoms with Gasteiger partial charge in [-0.15, -0.1) is 0 Å². The number of carbonyl (C=O) groups is 2. The van der Waals surface area contributed by atoms with Crippen molar-refractivity contribution in [3.63, 3.8) is 0 Å². The number of hydrogen-bond donors (Lipinski definition) is 2. The quantitative estimate of drug-likeness (QED) is 0.431. The topological polar surface area (TPSA) is 123 Å². The minimum atomic E-state index is -0.864. The molecule has 3 N–H and O–H groups in total. The SMILES string of the molecule is COC(=O)C(c1ccc(C(=O)NC2=NN(c3ccccc3)CC2N)cc1)c1nc2ccccc2o1. The van der Waals surface area contributed by atoms with E-state index < -0.39 is 17.9 Å². The standard InChI is InChI=1S/C26H23N5O4/c1-34-26(33)22(25-28-20-9-5-6-10-21(20)35-25)16-11-13-17(14-12-16)24(32)29-23-19(27)15-31(30-23)18-7-3-2-4-8-18/h2-14,19,22H,15,27H2,1H3,(H,29,30,32). The maximum absolute atomic E-state index is 12.9. The van der Waals surface area contributed by atoms with Crippen LogP contribution in [0.25, 0.3) is 11.1 Å². The Hall–Kier alpha value is -4.50. The Kier molecular flexibility index (Phi) is 5.99. The predicted octanol–water partition coefficient (Wildman–Crippen LogP) is 3.02. The number of nitrogens with zero attached hydrogens (tertiary/aromatic N) is 3. The summed E-state index contributed by atoms with van der Waals surface area (Å²) < 4.78 is 10.8. The molecule has 0 radical (unpaired) electrons. The number of aromatic nitrogens is 1. The molecule has 35 heavy (non-hydrogen) atoms. The van der Waals surface area contributed by atoms with Crippen molar-refractivity contribution in [3.8, 4) is 0 Å². The van der Waals surface area contributed by atoms with E-state index in [0.29, 0.717) is 34.6 Å². The third-order valence-electron chi connectivity index (χ3n) is 5.75. The molecule has 0 fully saturated rings. The second-order valence-corrected chi connectivity index (χ2v) is 8.06. The molecule has 1 aliphatic rings. The van der Waals surface area contributed by atoms with Gasteiger partial charge in [0, 0.05) is 5.56 Å². The number of nitrogens with one attached hydrogen (secondary N) is 1. The van der Waals surface area contributed by atoms with E-state index in [1.165, 1.54) is 7.11 Å². The fraction of sp³-hybridized carbons (Fsp3) is 0.154. The van der Waals surface area contributed by atoms with Crippen molar-refractivity contribution in [2.45, 2.75) is 12.0 Å². The number of amidine groups is 1. The molecule has 1 aromatic heterocycles. The molecular weight excluding hydrogens is 446 g/mol. The van der Waals surface area contributed by atoms with E-state index in [4.69, 9.17) is 14.9 Å². The van der Waals surface area contributed by atoms with Gasteiger partial charge in [-0.1, -0.05) is 42.5 Å². The number of benzene rings is 3. The number of amides is 1. The van der Waals surface area contributed by atoms with E-state index in [1.54, 1.807) is 41.4 Å². The van der Waals surface area contributed by atoms with E-state index >= 15 is 0 Å². The number of esters is 1. The highest BCUT2D eigenvalue weighted by Crippen LogP contribution is 2.29. The Balaban J connectivity index is 1.35. The Bertz CT molecular complexity index is 1370. The number of oxazole rings is 1. The fourth-order valence-electron chi connectivity index (χ4n) is 3.92.